The van der Waals surface area contributed by atoms with Crippen LogP contribution in [-0.2, 0) is 0 Å². The van der Waals surface area contributed by atoms with Gasteiger partial charge in [0.05, 0.1) is 6.04 Å². The van der Waals surface area contributed by atoms with E-state index in [1.165, 1.54) is 5.69 Å². The van der Waals surface area contributed by atoms with E-state index in [0.717, 1.165) is 11.1 Å². The molecular formula is C15H20Cl2N2. The van der Waals surface area contributed by atoms with Gasteiger partial charge in [-0.1, -0.05) is 42.5 Å². The maximum Gasteiger partial charge on any atom is 0.0551 e. The van der Waals surface area contributed by atoms with Crippen LogP contribution in [0.4, 0.5) is 5.69 Å². The SMILES string of the molecule is CN(C)c1ccc(C(N)c2ccccc2)cc1.Cl.Cl. The fourth-order valence-electron chi connectivity index (χ4n) is 1.83. The van der Waals surface area contributed by atoms with Crippen LogP contribution < -0.4 is 10.6 Å². The number of nitrogens with zero attached hydrogens (tertiary/aromatic N) is 1. The van der Waals surface area contributed by atoms with Crippen LogP contribution in [-0.4, -0.2) is 14.1 Å². The Balaban J connectivity index is 0.00000162. The summed E-state index contributed by atoms with van der Waals surface area (Å²) in [5.74, 6) is 0. The van der Waals surface area contributed by atoms with E-state index >= 15 is 0 Å². The minimum atomic E-state index is -0.0487. The van der Waals surface area contributed by atoms with E-state index in [1.54, 1.807) is 0 Å². The van der Waals surface area contributed by atoms with Crippen molar-refractivity contribution in [3.05, 3.63) is 65.7 Å². The van der Waals surface area contributed by atoms with E-state index in [1.807, 2.05) is 32.3 Å². The molecule has 0 radical (unpaired) electrons. The summed E-state index contributed by atoms with van der Waals surface area (Å²) >= 11 is 0. The monoisotopic (exact) mass is 298 g/mol. The van der Waals surface area contributed by atoms with Gasteiger partial charge >= 0.3 is 0 Å². The molecule has 0 aromatic heterocycles. The Morgan fingerprint density at radius 1 is 0.789 bits per heavy atom. The van der Waals surface area contributed by atoms with Gasteiger partial charge < -0.3 is 10.6 Å². The summed E-state index contributed by atoms with van der Waals surface area (Å²) in [6, 6.07) is 18.5. The smallest absolute Gasteiger partial charge is 0.0551 e. The average Bonchev–Trinajstić information content (AvgIpc) is 2.39. The average molecular weight is 299 g/mol. The van der Waals surface area contributed by atoms with E-state index in [4.69, 9.17) is 5.73 Å². The number of anilines is 1. The van der Waals surface area contributed by atoms with Crippen LogP contribution >= 0.6 is 24.8 Å². The fourth-order valence-corrected chi connectivity index (χ4v) is 1.83. The van der Waals surface area contributed by atoms with Crippen LogP contribution in [0.25, 0.3) is 0 Å². The van der Waals surface area contributed by atoms with Gasteiger partial charge in [-0.3, -0.25) is 0 Å². The lowest BCUT2D eigenvalue weighted by Crippen LogP contribution is -2.12. The lowest BCUT2D eigenvalue weighted by atomic mass is 9.99. The molecule has 0 aliphatic carbocycles. The summed E-state index contributed by atoms with van der Waals surface area (Å²) in [5.41, 5.74) is 9.70. The zero-order valence-electron chi connectivity index (χ0n) is 11.1. The van der Waals surface area contributed by atoms with Crippen molar-refractivity contribution < 1.29 is 0 Å². The highest BCUT2D eigenvalue weighted by molar-refractivity contribution is 5.85. The molecule has 0 saturated carbocycles. The molecule has 2 aromatic rings. The summed E-state index contributed by atoms with van der Waals surface area (Å²) in [6.07, 6.45) is 0. The Labute approximate surface area is 127 Å². The second kappa shape index (κ2) is 8.05. The van der Waals surface area contributed by atoms with E-state index < -0.39 is 0 Å². The zero-order valence-corrected chi connectivity index (χ0v) is 12.7. The van der Waals surface area contributed by atoms with Crippen molar-refractivity contribution in [2.75, 3.05) is 19.0 Å². The van der Waals surface area contributed by atoms with Gasteiger partial charge in [-0.2, -0.15) is 0 Å². The van der Waals surface area contributed by atoms with Crippen LogP contribution in [0.3, 0.4) is 0 Å². The predicted molar refractivity (Wildman–Crippen MR) is 87.7 cm³/mol. The lowest BCUT2D eigenvalue weighted by Gasteiger charge is -2.16. The van der Waals surface area contributed by atoms with Gasteiger partial charge in [0.1, 0.15) is 0 Å². The highest BCUT2D eigenvalue weighted by atomic mass is 35.5. The van der Waals surface area contributed by atoms with Crippen molar-refractivity contribution in [3.63, 3.8) is 0 Å². The fraction of sp³-hybridized carbons (Fsp3) is 0.200. The van der Waals surface area contributed by atoms with Crippen LogP contribution in [0.5, 0.6) is 0 Å². The Kier molecular flexibility index (Phi) is 7.53. The number of halogens is 2. The predicted octanol–water partition coefficient (Wildman–Crippen LogP) is 3.64. The topological polar surface area (TPSA) is 29.3 Å². The zero-order chi connectivity index (χ0) is 12.3. The largest absolute Gasteiger partial charge is 0.378 e. The van der Waals surface area contributed by atoms with Crippen molar-refractivity contribution in [1.29, 1.82) is 0 Å². The first-order valence-corrected chi connectivity index (χ1v) is 5.76. The third-order valence-electron chi connectivity index (χ3n) is 2.93. The first-order chi connectivity index (χ1) is 8.18. The van der Waals surface area contributed by atoms with E-state index in [0.29, 0.717) is 0 Å². The maximum atomic E-state index is 6.23. The van der Waals surface area contributed by atoms with Gasteiger partial charge in [0, 0.05) is 19.8 Å². The number of nitrogens with two attached hydrogens (primary N) is 1. The minimum Gasteiger partial charge on any atom is -0.378 e. The molecule has 1 unspecified atom stereocenters. The second-order valence-corrected chi connectivity index (χ2v) is 4.37. The Morgan fingerprint density at radius 3 is 1.74 bits per heavy atom. The van der Waals surface area contributed by atoms with Crippen molar-refractivity contribution in [2.45, 2.75) is 6.04 Å². The standard InChI is InChI=1S/C15H18N2.2ClH/c1-17(2)14-10-8-13(9-11-14)15(16)12-6-4-3-5-7-12;;/h3-11,15H,16H2,1-2H3;2*1H. The van der Waals surface area contributed by atoms with Gasteiger partial charge in [0.2, 0.25) is 0 Å². The summed E-state index contributed by atoms with van der Waals surface area (Å²) < 4.78 is 0. The molecule has 2 nitrogen and oxygen atoms in total. The van der Waals surface area contributed by atoms with Crippen LogP contribution in [0.2, 0.25) is 0 Å². The van der Waals surface area contributed by atoms with Gasteiger partial charge in [-0.05, 0) is 23.3 Å². The van der Waals surface area contributed by atoms with Crippen molar-refractivity contribution in [3.8, 4) is 0 Å². The Hall–Kier alpha value is -1.22. The van der Waals surface area contributed by atoms with Gasteiger partial charge in [0.15, 0.2) is 0 Å². The van der Waals surface area contributed by atoms with Gasteiger partial charge in [-0.25, -0.2) is 0 Å². The Bertz CT molecular complexity index is 469. The number of rotatable bonds is 3. The normalized spacial score (nSPS) is 10.9. The molecule has 19 heavy (non-hydrogen) atoms. The molecule has 4 heteroatoms. The first kappa shape index (κ1) is 17.8. The van der Waals surface area contributed by atoms with Crippen LogP contribution in [0.1, 0.15) is 17.2 Å². The molecule has 0 spiro atoms. The minimum absolute atomic E-state index is 0. The number of hydrogen-bond donors (Lipinski definition) is 1. The third-order valence-corrected chi connectivity index (χ3v) is 2.93. The van der Waals surface area contributed by atoms with Crippen molar-refractivity contribution in [2.24, 2.45) is 5.73 Å². The quantitative estimate of drug-likeness (QED) is 0.937. The highest BCUT2D eigenvalue weighted by Crippen LogP contribution is 2.21. The van der Waals surface area contributed by atoms with Crippen molar-refractivity contribution in [1.82, 2.24) is 0 Å². The molecule has 104 valence electrons. The van der Waals surface area contributed by atoms with Gasteiger partial charge in [0.25, 0.3) is 0 Å². The molecule has 0 aliphatic heterocycles. The second-order valence-electron chi connectivity index (χ2n) is 4.37. The molecule has 0 fully saturated rings. The van der Waals surface area contributed by atoms with Gasteiger partial charge in [-0.15, -0.1) is 24.8 Å². The molecule has 0 amide bonds. The molecule has 0 aliphatic rings. The summed E-state index contributed by atoms with van der Waals surface area (Å²) in [5, 5.41) is 0. The van der Waals surface area contributed by atoms with Crippen LogP contribution in [0.15, 0.2) is 54.6 Å². The maximum absolute atomic E-state index is 6.23. The molecular weight excluding hydrogens is 279 g/mol. The molecule has 2 N–H and O–H groups in total. The van der Waals surface area contributed by atoms with Crippen LogP contribution in [0, 0.1) is 0 Å². The number of hydrogen-bond acceptors (Lipinski definition) is 2. The van der Waals surface area contributed by atoms with E-state index in [9.17, 15) is 0 Å². The molecule has 2 rings (SSSR count). The molecule has 0 bridgehead atoms. The molecule has 0 heterocycles. The highest BCUT2D eigenvalue weighted by Gasteiger charge is 2.08. The van der Waals surface area contributed by atoms with Crippen molar-refractivity contribution >= 4 is 30.5 Å². The van der Waals surface area contributed by atoms with E-state index in [2.05, 4.69) is 41.3 Å². The van der Waals surface area contributed by atoms with E-state index in [-0.39, 0.29) is 30.9 Å². The molecule has 1 atom stereocenters. The first-order valence-electron chi connectivity index (χ1n) is 5.76. The lowest BCUT2D eigenvalue weighted by molar-refractivity contribution is 0.871. The Morgan fingerprint density at radius 2 is 1.26 bits per heavy atom. The molecule has 0 saturated heterocycles. The third kappa shape index (κ3) is 4.43. The summed E-state index contributed by atoms with van der Waals surface area (Å²) in [7, 11) is 4.07. The summed E-state index contributed by atoms with van der Waals surface area (Å²) in [6.45, 7) is 0. The number of benzene rings is 2. The molecule has 2 aromatic carbocycles. The summed E-state index contributed by atoms with van der Waals surface area (Å²) in [4.78, 5) is 2.08.